The number of allylic oxidation sites excluding steroid dienone is 1. The number of aromatic nitrogens is 1. The molecular weight excluding hydrogens is 903 g/mol. The molecule has 5 atom stereocenters. The van der Waals surface area contributed by atoms with Crippen LogP contribution in [0.25, 0.3) is 16.7 Å². The van der Waals surface area contributed by atoms with Gasteiger partial charge in [0, 0.05) is 94.1 Å². The third-order valence-electron chi connectivity index (χ3n) is 13.4. The number of alkyl carbamates (subject to hydrolysis) is 1. The fourth-order valence-electron chi connectivity index (χ4n) is 9.57. The molecule has 15 nitrogen and oxygen atoms in total. The van der Waals surface area contributed by atoms with Gasteiger partial charge in [-0.2, -0.15) is 0 Å². The molecule has 7 rings (SSSR count). The number of nitrogens with zero attached hydrogens (tertiary/aromatic N) is 5. The molecule has 0 spiro atoms. The number of hydrogen-bond donors (Lipinski definition) is 2. The van der Waals surface area contributed by atoms with E-state index in [0.717, 1.165) is 29.0 Å². The molecule has 3 aromatic rings. The average Bonchev–Trinajstić information content (AvgIpc) is 3.66. The van der Waals surface area contributed by atoms with Crippen LogP contribution in [0.4, 0.5) is 33.9 Å². The Labute approximate surface area is 399 Å². The highest BCUT2D eigenvalue weighted by Gasteiger charge is 2.44. The van der Waals surface area contributed by atoms with Crippen LogP contribution >= 0.6 is 0 Å². The van der Waals surface area contributed by atoms with Crippen molar-refractivity contribution < 1.29 is 55.7 Å². The smallest absolute Gasteiger partial charge is 0.453 e. The molecule has 1 aromatic heterocycles. The summed E-state index contributed by atoms with van der Waals surface area (Å²) in [5.74, 6) is -2.32. The number of piperazine rings is 1. The molecule has 69 heavy (non-hydrogen) atoms. The van der Waals surface area contributed by atoms with Crippen molar-refractivity contribution in [3.8, 4) is 16.9 Å². The summed E-state index contributed by atoms with van der Waals surface area (Å²) in [5.41, 5.74) is 1.41. The summed E-state index contributed by atoms with van der Waals surface area (Å²) in [4.78, 5) is 67.9. The summed E-state index contributed by atoms with van der Waals surface area (Å²) in [6.07, 6.45) is -0.0668. The lowest BCUT2D eigenvalue weighted by Crippen LogP contribution is -2.56. The molecule has 3 saturated heterocycles. The van der Waals surface area contributed by atoms with Crippen LogP contribution in [0, 0.1) is 23.1 Å². The Bertz CT molecular complexity index is 2420. The van der Waals surface area contributed by atoms with Crippen LogP contribution in [0.1, 0.15) is 82.6 Å². The number of halogens is 4. The summed E-state index contributed by atoms with van der Waals surface area (Å²) in [6.45, 7) is 12.4. The molecule has 3 fully saturated rings. The van der Waals surface area contributed by atoms with Crippen molar-refractivity contribution in [2.75, 3.05) is 63.8 Å². The topological polar surface area (TPSA) is 164 Å². The lowest BCUT2D eigenvalue weighted by Gasteiger charge is -2.42. The third kappa shape index (κ3) is 12.0. The van der Waals surface area contributed by atoms with Crippen molar-refractivity contribution in [3.05, 3.63) is 77.9 Å². The van der Waals surface area contributed by atoms with Gasteiger partial charge in [0.15, 0.2) is 0 Å². The number of rotatable bonds is 11. The predicted octanol–water partition coefficient (Wildman–Crippen LogP) is 8.10. The highest BCUT2D eigenvalue weighted by atomic mass is 19.4. The van der Waals surface area contributed by atoms with Gasteiger partial charge in [-0.05, 0) is 79.3 Å². The summed E-state index contributed by atoms with van der Waals surface area (Å²) in [7, 11) is 2.85. The number of aliphatic imine (C=N–C) groups is 1. The predicted molar refractivity (Wildman–Crippen MR) is 251 cm³/mol. The Balaban J connectivity index is 1.07. The number of anilines is 2. The zero-order valence-corrected chi connectivity index (χ0v) is 40.0. The first-order chi connectivity index (χ1) is 32.7. The third-order valence-corrected chi connectivity index (χ3v) is 13.4. The lowest BCUT2D eigenvalue weighted by atomic mass is 9.89. The first-order valence-electron chi connectivity index (χ1n) is 23.3. The van der Waals surface area contributed by atoms with Crippen LogP contribution in [-0.4, -0.2) is 129 Å². The van der Waals surface area contributed by atoms with E-state index < -0.39 is 53.1 Å². The Morgan fingerprint density at radius 2 is 1.62 bits per heavy atom. The number of carbonyl (C=O) groups excluding carboxylic acids is 4. The maximum atomic E-state index is 15.8. The van der Waals surface area contributed by atoms with Crippen molar-refractivity contribution in [2.45, 2.75) is 97.3 Å². The Morgan fingerprint density at radius 1 is 0.913 bits per heavy atom. The molecule has 4 amide bonds. The summed E-state index contributed by atoms with van der Waals surface area (Å²) < 4.78 is 77.9. The minimum Gasteiger partial charge on any atom is -0.453 e. The summed E-state index contributed by atoms with van der Waals surface area (Å²) in [5, 5.41) is 5.14. The van der Waals surface area contributed by atoms with Crippen molar-refractivity contribution in [1.82, 2.24) is 20.1 Å². The fourth-order valence-corrected chi connectivity index (χ4v) is 9.57. The molecule has 2 aromatic carbocycles. The molecule has 0 bridgehead atoms. The lowest BCUT2D eigenvalue weighted by molar-refractivity contribution is -0.274. The molecule has 5 heterocycles. The normalized spacial score (nSPS) is 22.0. The van der Waals surface area contributed by atoms with E-state index >= 15 is 4.39 Å². The van der Waals surface area contributed by atoms with Crippen LogP contribution < -0.4 is 20.3 Å². The highest BCUT2D eigenvalue weighted by Crippen LogP contribution is 2.39. The van der Waals surface area contributed by atoms with E-state index in [1.165, 1.54) is 19.4 Å². The second-order valence-corrected chi connectivity index (χ2v) is 19.2. The Hall–Kier alpha value is -6.08. The summed E-state index contributed by atoms with van der Waals surface area (Å²) >= 11 is 0. The molecule has 19 heteroatoms. The molecule has 0 saturated carbocycles. The standard InChI is InChI=1S/C50H61F4N7O8/c1-29-8-9-34(25-56-43(29)40-22-36(66-6)28-61(40)46(63)44(58-48(65)67-7)33-16-20-68-21-17-33)31-10-12-32(13-11-31)37-23-38(51)39(24-41(37)69-50(52,53)54)57-45(62)35-14-15-42(55-26-35)60-19-18-59(27-30(60)2)47(64)49(3,4)5/h10-15,23-26,29-30,33,36,40,44H,8-9,16-22,27-28H2,1-7H3,(H,57,62)(H,58,65). The van der Waals surface area contributed by atoms with Gasteiger partial charge >= 0.3 is 12.5 Å². The van der Waals surface area contributed by atoms with Gasteiger partial charge in [-0.3, -0.25) is 19.4 Å². The minimum absolute atomic E-state index is 0.0457. The number of nitrogens with one attached hydrogen (secondary N) is 2. The maximum Gasteiger partial charge on any atom is 0.573 e. The van der Waals surface area contributed by atoms with Crippen molar-refractivity contribution in [2.24, 2.45) is 22.2 Å². The first kappa shape index (κ1) is 50.8. The molecule has 4 aliphatic rings. The number of alkyl halides is 3. The first-order valence-corrected chi connectivity index (χ1v) is 23.3. The van der Waals surface area contributed by atoms with Crippen molar-refractivity contribution in [3.63, 3.8) is 0 Å². The molecule has 2 N–H and O–H groups in total. The zero-order chi connectivity index (χ0) is 49.8. The van der Waals surface area contributed by atoms with Gasteiger partial charge < -0.3 is 44.3 Å². The fraction of sp³-hybridized carbons (Fsp3) is 0.520. The van der Waals surface area contributed by atoms with E-state index in [4.69, 9.17) is 19.2 Å². The maximum absolute atomic E-state index is 15.8. The number of benzene rings is 2. The van der Waals surface area contributed by atoms with E-state index in [2.05, 4.69) is 20.4 Å². The van der Waals surface area contributed by atoms with Crippen molar-refractivity contribution >= 4 is 46.6 Å². The highest BCUT2D eigenvalue weighted by molar-refractivity contribution is 6.04. The second kappa shape index (κ2) is 21.3. The molecule has 0 radical (unpaired) electrons. The molecule has 5 unspecified atom stereocenters. The Kier molecular flexibility index (Phi) is 15.7. The van der Waals surface area contributed by atoms with Crippen LogP contribution in [0.5, 0.6) is 5.75 Å². The van der Waals surface area contributed by atoms with Gasteiger partial charge in [0.1, 0.15) is 23.4 Å². The molecular formula is C50H61F4N7O8. The van der Waals surface area contributed by atoms with Crippen LogP contribution in [0.2, 0.25) is 0 Å². The quantitative estimate of drug-likeness (QED) is 0.180. The van der Waals surface area contributed by atoms with Gasteiger partial charge in [-0.15, -0.1) is 13.2 Å². The van der Waals surface area contributed by atoms with Crippen LogP contribution in [-0.2, 0) is 23.8 Å². The Morgan fingerprint density at radius 3 is 2.25 bits per heavy atom. The van der Waals surface area contributed by atoms with Gasteiger partial charge in [0.05, 0.1) is 30.5 Å². The van der Waals surface area contributed by atoms with Gasteiger partial charge in [-0.25, -0.2) is 14.2 Å². The van der Waals surface area contributed by atoms with E-state index in [-0.39, 0.29) is 52.5 Å². The number of pyridine rings is 1. The van der Waals surface area contributed by atoms with E-state index in [1.807, 2.05) is 44.4 Å². The number of carbonyl (C=O) groups is 4. The number of hydrogen-bond acceptors (Lipinski definition) is 11. The second-order valence-electron chi connectivity index (χ2n) is 19.2. The zero-order valence-electron chi connectivity index (χ0n) is 40.0. The average molecular weight is 964 g/mol. The van der Waals surface area contributed by atoms with Crippen LogP contribution in [0.15, 0.2) is 65.9 Å². The number of likely N-dealkylation sites (tertiary alicyclic amines) is 1. The SMILES string of the molecule is COC(=O)NC(C(=O)N1CC(OC)CC1C1=NC=C(c2ccc(-c3cc(F)c(NC(=O)c4ccc(N5CCN(C(=O)C(C)(C)C)CC5C)nc4)cc3OC(F)(F)F)cc2)CCC1C)C1CCOCC1. The number of methoxy groups -OCH3 is 2. The number of amides is 4. The number of ether oxygens (including phenoxy) is 4. The van der Waals surface area contributed by atoms with Gasteiger partial charge in [0.2, 0.25) is 11.8 Å². The largest absolute Gasteiger partial charge is 0.573 e. The van der Waals surface area contributed by atoms with Crippen LogP contribution in [0.3, 0.4) is 0 Å². The monoisotopic (exact) mass is 963 g/mol. The van der Waals surface area contributed by atoms with E-state index in [0.29, 0.717) is 77.3 Å². The van der Waals surface area contributed by atoms with Gasteiger partial charge in [0.25, 0.3) is 5.91 Å². The molecule has 0 aliphatic carbocycles. The molecule has 372 valence electrons. The van der Waals surface area contributed by atoms with Crippen molar-refractivity contribution in [1.29, 1.82) is 0 Å². The van der Waals surface area contributed by atoms with E-state index in [1.54, 1.807) is 48.5 Å². The van der Waals surface area contributed by atoms with Gasteiger partial charge in [-0.1, -0.05) is 52.0 Å². The minimum atomic E-state index is -5.14. The van der Waals surface area contributed by atoms with E-state index in [9.17, 15) is 32.3 Å². The molecule has 4 aliphatic heterocycles. The summed E-state index contributed by atoms with van der Waals surface area (Å²) in [6, 6.07) is 10.1.